The summed E-state index contributed by atoms with van der Waals surface area (Å²) in [5, 5.41) is 4.95. The number of aromatic nitrogens is 2. The molecule has 164 valence electrons. The van der Waals surface area contributed by atoms with E-state index >= 15 is 0 Å². The maximum Gasteiger partial charge on any atom is 0.252 e. The fourth-order valence-corrected chi connectivity index (χ4v) is 4.75. The van der Waals surface area contributed by atoms with E-state index in [1.165, 1.54) is 0 Å². The van der Waals surface area contributed by atoms with Crippen LogP contribution in [0.4, 0.5) is 0 Å². The molecule has 0 aliphatic rings. The Morgan fingerprint density at radius 2 is 1.79 bits per heavy atom. The number of carbonyl (C=O) groups is 1. The van der Waals surface area contributed by atoms with Crippen LogP contribution in [0.1, 0.15) is 21.5 Å². The Morgan fingerprint density at radius 1 is 1.00 bits per heavy atom. The SMILES string of the molecule is NCc1ccc(CNC(=O)c2cc(-c3c[nH]c4ccc(Br)cc34)nc3ccc(I)cc23)cc1. The smallest absolute Gasteiger partial charge is 0.252 e. The van der Waals surface area contributed by atoms with Gasteiger partial charge in [-0.05, 0) is 76.2 Å². The van der Waals surface area contributed by atoms with Gasteiger partial charge in [-0.25, -0.2) is 4.98 Å². The van der Waals surface area contributed by atoms with Crippen molar-refractivity contribution in [3.8, 4) is 11.3 Å². The third kappa shape index (κ3) is 4.53. The zero-order valence-electron chi connectivity index (χ0n) is 17.5. The Morgan fingerprint density at radius 3 is 2.58 bits per heavy atom. The van der Waals surface area contributed by atoms with Crippen molar-refractivity contribution >= 4 is 66.2 Å². The van der Waals surface area contributed by atoms with Gasteiger partial charge < -0.3 is 16.0 Å². The second kappa shape index (κ2) is 9.24. The van der Waals surface area contributed by atoms with Gasteiger partial charge >= 0.3 is 0 Å². The van der Waals surface area contributed by atoms with E-state index in [0.717, 1.165) is 52.2 Å². The molecular weight excluding hydrogens is 591 g/mol. The summed E-state index contributed by atoms with van der Waals surface area (Å²) in [6, 6.07) is 21.9. The van der Waals surface area contributed by atoms with Crippen LogP contribution in [0.5, 0.6) is 0 Å². The first kappa shape index (κ1) is 22.1. The molecule has 7 heteroatoms. The summed E-state index contributed by atoms with van der Waals surface area (Å²) in [7, 11) is 0. The Bertz CT molecular complexity index is 1490. The van der Waals surface area contributed by atoms with Crippen LogP contribution < -0.4 is 11.1 Å². The van der Waals surface area contributed by atoms with Crippen LogP contribution in [-0.4, -0.2) is 15.9 Å². The van der Waals surface area contributed by atoms with E-state index in [-0.39, 0.29) is 5.91 Å². The minimum atomic E-state index is -0.130. The van der Waals surface area contributed by atoms with Crippen LogP contribution in [0.2, 0.25) is 0 Å². The third-order valence-electron chi connectivity index (χ3n) is 5.65. The van der Waals surface area contributed by atoms with Crippen molar-refractivity contribution in [3.63, 3.8) is 0 Å². The van der Waals surface area contributed by atoms with Gasteiger partial charge in [0.2, 0.25) is 0 Å². The third-order valence-corrected chi connectivity index (χ3v) is 6.81. The summed E-state index contributed by atoms with van der Waals surface area (Å²) in [6.07, 6.45) is 1.94. The number of benzene rings is 3. The minimum Gasteiger partial charge on any atom is -0.360 e. The lowest BCUT2D eigenvalue weighted by molar-refractivity contribution is 0.0952. The summed E-state index contributed by atoms with van der Waals surface area (Å²) in [4.78, 5) is 21.5. The highest BCUT2D eigenvalue weighted by atomic mass is 127. The number of nitrogens with zero attached hydrogens (tertiary/aromatic N) is 1. The van der Waals surface area contributed by atoms with E-state index in [1.54, 1.807) is 0 Å². The predicted molar refractivity (Wildman–Crippen MR) is 145 cm³/mol. The lowest BCUT2D eigenvalue weighted by Gasteiger charge is -2.11. The first-order valence-electron chi connectivity index (χ1n) is 10.5. The van der Waals surface area contributed by atoms with E-state index < -0.39 is 0 Å². The number of halogens is 2. The quantitative estimate of drug-likeness (QED) is 0.209. The fourth-order valence-electron chi connectivity index (χ4n) is 3.90. The average molecular weight is 611 g/mol. The van der Waals surface area contributed by atoms with Crippen molar-refractivity contribution in [3.05, 3.63) is 97.7 Å². The zero-order valence-corrected chi connectivity index (χ0v) is 21.3. The number of carbonyl (C=O) groups excluding carboxylic acids is 1. The molecule has 5 aromatic rings. The summed E-state index contributed by atoms with van der Waals surface area (Å²) < 4.78 is 2.04. The molecule has 0 aliphatic heterocycles. The topological polar surface area (TPSA) is 83.8 Å². The average Bonchev–Trinajstić information content (AvgIpc) is 3.25. The molecule has 0 saturated carbocycles. The summed E-state index contributed by atoms with van der Waals surface area (Å²) in [5.41, 5.74) is 11.9. The van der Waals surface area contributed by atoms with E-state index in [4.69, 9.17) is 10.7 Å². The van der Waals surface area contributed by atoms with Crippen molar-refractivity contribution in [1.29, 1.82) is 0 Å². The number of pyridine rings is 1. The maximum absolute atomic E-state index is 13.3. The van der Waals surface area contributed by atoms with Gasteiger partial charge in [-0.3, -0.25) is 4.79 Å². The van der Waals surface area contributed by atoms with Gasteiger partial charge in [0.1, 0.15) is 0 Å². The van der Waals surface area contributed by atoms with Crippen LogP contribution >= 0.6 is 38.5 Å². The molecular formula is C26H20BrIN4O. The van der Waals surface area contributed by atoms with Crippen molar-refractivity contribution < 1.29 is 4.79 Å². The van der Waals surface area contributed by atoms with Gasteiger partial charge in [0.25, 0.3) is 5.91 Å². The van der Waals surface area contributed by atoms with Crippen LogP contribution in [0.3, 0.4) is 0 Å². The molecule has 0 atom stereocenters. The number of amides is 1. The van der Waals surface area contributed by atoms with Crippen molar-refractivity contribution in [2.75, 3.05) is 0 Å². The maximum atomic E-state index is 13.3. The highest BCUT2D eigenvalue weighted by molar-refractivity contribution is 14.1. The van der Waals surface area contributed by atoms with Crippen molar-refractivity contribution in [2.24, 2.45) is 5.73 Å². The number of aromatic amines is 1. The number of fused-ring (bicyclic) bond motifs is 2. The molecule has 0 saturated heterocycles. The molecule has 2 aromatic heterocycles. The zero-order chi connectivity index (χ0) is 22.9. The van der Waals surface area contributed by atoms with E-state index in [1.807, 2.05) is 66.9 Å². The molecule has 1 amide bonds. The molecule has 0 unspecified atom stereocenters. The van der Waals surface area contributed by atoms with Crippen LogP contribution in [0, 0.1) is 3.57 Å². The molecule has 4 N–H and O–H groups in total. The van der Waals surface area contributed by atoms with Crippen molar-refractivity contribution in [2.45, 2.75) is 13.1 Å². The van der Waals surface area contributed by atoms with Gasteiger partial charge in [0.15, 0.2) is 0 Å². The molecule has 0 spiro atoms. The van der Waals surface area contributed by atoms with Gasteiger partial charge in [-0.15, -0.1) is 0 Å². The largest absolute Gasteiger partial charge is 0.360 e. The number of hydrogen-bond donors (Lipinski definition) is 3. The van der Waals surface area contributed by atoms with Crippen LogP contribution in [-0.2, 0) is 13.1 Å². The number of nitrogens with two attached hydrogens (primary N) is 1. The first-order valence-corrected chi connectivity index (χ1v) is 12.3. The lowest BCUT2D eigenvalue weighted by atomic mass is 10.0. The Kier molecular flexibility index (Phi) is 6.18. The fraction of sp³-hybridized carbons (Fsp3) is 0.0769. The van der Waals surface area contributed by atoms with E-state index in [0.29, 0.717) is 18.7 Å². The normalized spacial score (nSPS) is 11.2. The molecule has 0 fully saturated rings. The molecule has 0 bridgehead atoms. The second-order valence-corrected chi connectivity index (χ2v) is 9.97. The number of nitrogens with one attached hydrogen (secondary N) is 2. The highest BCUT2D eigenvalue weighted by Crippen LogP contribution is 2.32. The second-order valence-electron chi connectivity index (χ2n) is 7.81. The first-order chi connectivity index (χ1) is 16.0. The highest BCUT2D eigenvalue weighted by Gasteiger charge is 2.16. The molecule has 5 nitrogen and oxygen atoms in total. The minimum absolute atomic E-state index is 0.130. The van der Waals surface area contributed by atoms with Gasteiger partial charge in [-0.1, -0.05) is 40.2 Å². The van der Waals surface area contributed by atoms with Gasteiger partial charge in [-0.2, -0.15) is 0 Å². The van der Waals surface area contributed by atoms with Crippen molar-refractivity contribution in [1.82, 2.24) is 15.3 Å². The summed E-state index contributed by atoms with van der Waals surface area (Å²) in [6.45, 7) is 0.939. The van der Waals surface area contributed by atoms with Gasteiger partial charge in [0.05, 0.1) is 16.8 Å². The monoisotopic (exact) mass is 610 g/mol. The van der Waals surface area contributed by atoms with Crippen LogP contribution in [0.25, 0.3) is 33.1 Å². The number of rotatable bonds is 5. The molecule has 3 aromatic carbocycles. The van der Waals surface area contributed by atoms with E-state index in [9.17, 15) is 4.79 Å². The summed E-state index contributed by atoms with van der Waals surface area (Å²) >= 11 is 5.81. The number of H-pyrrole nitrogens is 1. The standard InChI is InChI=1S/C26H20BrIN4O/c27-17-5-7-23-19(9-17)22(14-30-23)25-11-21(20-10-18(28)6-8-24(20)32-25)26(33)31-13-16-3-1-15(12-29)2-4-16/h1-11,14,30H,12-13,29H2,(H,31,33). The molecule has 33 heavy (non-hydrogen) atoms. The molecule has 2 heterocycles. The molecule has 5 rings (SSSR count). The Hall–Kier alpha value is -2.75. The lowest BCUT2D eigenvalue weighted by Crippen LogP contribution is -2.23. The molecule has 0 radical (unpaired) electrons. The number of hydrogen-bond acceptors (Lipinski definition) is 3. The van der Waals surface area contributed by atoms with Gasteiger partial charge in [0, 0.05) is 49.2 Å². The molecule has 0 aliphatic carbocycles. The van der Waals surface area contributed by atoms with E-state index in [2.05, 4.69) is 54.9 Å². The summed E-state index contributed by atoms with van der Waals surface area (Å²) in [5.74, 6) is -0.130. The van der Waals surface area contributed by atoms with Crippen LogP contribution in [0.15, 0.2) is 77.4 Å². The Labute approximate surface area is 213 Å². The Balaban J connectivity index is 1.55. The predicted octanol–water partition coefficient (Wildman–Crippen LogP) is 6.14.